The van der Waals surface area contributed by atoms with Crippen LogP contribution in [0.4, 0.5) is 5.69 Å². The zero-order valence-corrected chi connectivity index (χ0v) is 11.2. The van der Waals surface area contributed by atoms with Crippen molar-refractivity contribution in [1.29, 1.82) is 0 Å². The number of benzene rings is 1. The highest BCUT2D eigenvalue weighted by atomic mass is 35.5. The second-order valence-corrected chi connectivity index (χ2v) is 5.42. The van der Waals surface area contributed by atoms with Gasteiger partial charge in [-0.15, -0.1) is 0 Å². The van der Waals surface area contributed by atoms with E-state index in [0.29, 0.717) is 18.0 Å². The number of carbonyl (C=O) groups is 1. The highest BCUT2D eigenvalue weighted by Crippen LogP contribution is 2.30. The molecule has 5 heteroatoms. The molecule has 0 aromatic heterocycles. The molecule has 4 nitrogen and oxygen atoms in total. The van der Waals surface area contributed by atoms with E-state index < -0.39 is 11.5 Å². The molecule has 18 heavy (non-hydrogen) atoms. The van der Waals surface area contributed by atoms with Crippen LogP contribution in [0.2, 0.25) is 5.02 Å². The lowest BCUT2D eigenvalue weighted by atomic mass is 9.96. The fourth-order valence-corrected chi connectivity index (χ4v) is 2.54. The molecule has 1 aromatic carbocycles. The van der Waals surface area contributed by atoms with Crippen LogP contribution in [0.25, 0.3) is 0 Å². The van der Waals surface area contributed by atoms with Crippen molar-refractivity contribution in [3.63, 3.8) is 0 Å². The van der Waals surface area contributed by atoms with Crippen molar-refractivity contribution in [2.75, 3.05) is 18.9 Å². The van der Waals surface area contributed by atoms with Crippen molar-refractivity contribution in [3.8, 4) is 0 Å². The van der Waals surface area contributed by atoms with Gasteiger partial charge in [0.05, 0.1) is 0 Å². The van der Waals surface area contributed by atoms with E-state index in [-0.39, 0.29) is 6.04 Å². The lowest BCUT2D eigenvalue weighted by molar-refractivity contribution is -0.141. The SMILES string of the molecule is CC1CC(Nc2ccc(Cl)cc2)(C(=O)O)CN1C. The number of aliphatic carboxylic acids is 1. The Balaban J connectivity index is 2.22. The monoisotopic (exact) mass is 268 g/mol. The molecule has 2 N–H and O–H groups in total. The number of nitrogens with zero attached hydrogens (tertiary/aromatic N) is 1. The predicted octanol–water partition coefficient (Wildman–Crippen LogP) is 2.30. The van der Waals surface area contributed by atoms with Gasteiger partial charge in [0.25, 0.3) is 0 Å². The summed E-state index contributed by atoms with van der Waals surface area (Å²) in [5.41, 5.74) is -0.133. The smallest absolute Gasteiger partial charge is 0.330 e. The summed E-state index contributed by atoms with van der Waals surface area (Å²) in [6.45, 7) is 2.53. The molecule has 2 atom stereocenters. The van der Waals surface area contributed by atoms with Crippen LogP contribution in [-0.4, -0.2) is 41.1 Å². The molecule has 1 aliphatic rings. The van der Waals surface area contributed by atoms with Gasteiger partial charge in [0.15, 0.2) is 0 Å². The first kappa shape index (κ1) is 13.2. The minimum absolute atomic E-state index is 0.251. The largest absolute Gasteiger partial charge is 0.479 e. The minimum atomic E-state index is -0.915. The third kappa shape index (κ3) is 2.44. The molecule has 1 heterocycles. The number of nitrogens with one attached hydrogen (secondary N) is 1. The number of carboxylic acids is 1. The molecule has 1 fully saturated rings. The van der Waals surface area contributed by atoms with Crippen molar-refractivity contribution in [2.45, 2.75) is 24.9 Å². The molecule has 2 unspecified atom stereocenters. The van der Waals surface area contributed by atoms with Crippen LogP contribution >= 0.6 is 11.6 Å². The molecule has 0 radical (unpaired) electrons. The summed E-state index contributed by atoms with van der Waals surface area (Å²) in [5, 5.41) is 13.3. The molecule has 0 spiro atoms. The van der Waals surface area contributed by atoms with E-state index in [1.54, 1.807) is 24.3 Å². The Kier molecular flexibility index (Phi) is 3.50. The zero-order chi connectivity index (χ0) is 13.3. The Hall–Kier alpha value is -1.26. The average Bonchev–Trinajstić information content (AvgIpc) is 2.59. The van der Waals surface area contributed by atoms with E-state index in [2.05, 4.69) is 10.2 Å². The molecule has 2 rings (SSSR count). The van der Waals surface area contributed by atoms with Crippen LogP contribution in [0.15, 0.2) is 24.3 Å². The van der Waals surface area contributed by atoms with Crippen molar-refractivity contribution < 1.29 is 9.90 Å². The van der Waals surface area contributed by atoms with Crippen LogP contribution in [-0.2, 0) is 4.79 Å². The lowest BCUT2D eigenvalue weighted by Gasteiger charge is -2.26. The summed E-state index contributed by atoms with van der Waals surface area (Å²) < 4.78 is 0. The molecular formula is C13H17ClN2O2. The van der Waals surface area contributed by atoms with E-state index in [9.17, 15) is 9.90 Å². The molecule has 1 aromatic rings. The molecule has 0 saturated carbocycles. The van der Waals surface area contributed by atoms with E-state index >= 15 is 0 Å². The highest BCUT2D eigenvalue weighted by molar-refractivity contribution is 6.30. The van der Waals surface area contributed by atoms with Gasteiger partial charge in [0, 0.05) is 23.3 Å². The number of likely N-dealkylation sites (N-methyl/N-ethyl adjacent to an activating group) is 1. The normalized spacial score (nSPS) is 28.3. The Labute approximate surface area is 112 Å². The summed E-state index contributed by atoms with van der Waals surface area (Å²) in [7, 11) is 1.94. The Morgan fingerprint density at radius 3 is 2.56 bits per heavy atom. The fraction of sp³-hybridized carbons (Fsp3) is 0.462. The van der Waals surface area contributed by atoms with Crippen LogP contribution in [0.3, 0.4) is 0 Å². The fourth-order valence-electron chi connectivity index (χ4n) is 2.41. The third-order valence-electron chi connectivity index (χ3n) is 3.55. The van der Waals surface area contributed by atoms with Crippen molar-refractivity contribution in [2.24, 2.45) is 0 Å². The Morgan fingerprint density at radius 1 is 1.50 bits per heavy atom. The first-order valence-electron chi connectivity index (χ1n) is 5.90. The molecule has 1 aliphatic heterocycles. The maximum atomic E-state index is 11.6. The van der Waals surface area contributed by atoms with E-state index in [4.69, 9.17) is 11.6 Å². The van der Waals surface area contributed by atoms with Crippen LogP contribution in [0.5, 0.6) is 0 Å². The van der Waals surface area contributed by atoms with Gasteiger partial charge in [-0.25, -0.2) is 4.79 Å². The zero-order valence-electron chi connectivity index (χ0n) is 10.5. The van der Waals surface area contributed by atoms with E-state index in [0.717, 1.165) is 5.69 Å². The van der Waals surface area contributed by atoms with Gasteiger partial charge >= 0.3 is 5.97 Å². The maximum absolute atomic E-state index is 11.6. The molecule has 0 aliphatic carbocycles. The Morgan fingerprint density at radius 2 is 2.11 bits per heavy atom. The number of hydrogen-bond acceptors (Lipinski definition) is 3. The molecule has 1 saturated heterocycles. The minimum Gasteiger partial charge on any atom is -0.479 e. The van der Waals surface area contributed by atoms with E-state index in [1.165, 1.54) is 0 Å². The summed E-state index contributed by atoms with van der Waals surface area (Å²) in [4.78, 5) is 13.6. The van der Waals surface area contributed by atoms with Crippen LogP contribution < -0.4 is 5.32 Å². The summed E-state index contributed by atoms with van der Waals surface area (Å²) in [6.07, 6.45) is 0.585. The second-order valence-electron chi connectivity index (χ2n) is 4.99. The number of hydrogen-bond donors (Lipinski definition) is 2. The van der Waals surface area contributed by atoms with Gasteiger partial charge in [-0.2, -0.15) is 0 Å². The van der Waals surface area contributed by atoms with Gasteiger partial charge in [0.1, 0.15) is 5.54 Å². The predicted molar refractivity (Wildman–Crippen MR) is 72.2 cm³/mol. The van der Waals surface area contributed by atoms with Gasteiger partial charge in [0.2, 0.25) is 0 Å². The van der Waals surface area contributed by atoms with Gasteiger partial charge in [-0.3, -0.25) is 0 Å². The first-order valence-corrected chi connectivity index (χ1v) is 6.28. The quantitative estimate of drug-likeness (QED) is 0.883. The van der Waals surface area contributed by atoms with Crippen molar-refractivity contribution in [1.82, 2.24) is 4.90 Å². The lowest BCUT2D eigenvalue weighted by Crippen LogP contribution is -2.48. The number of rotatable bonds is 3. The topological polar surface area (TPSA) is 52.6 Å². The molecular weight excluding hydrogens is 252 g/mol. The summed E-state index contributed by atoms with van der Waals surface area (Å²) >= 11 is 5.82. The van der Waals surface area contributed by atoms with Gasteiger partial charge in [-0.1, -0.05) is 11.6 Å². The Bertz CT molecular complexity index is 437. The maximum Gasteiger partial charge on any atom is 0.330 e. The van der Waals surface area contributed by atoms with Gasteiger partial charge < -0.3 is 15.3 Å². The molecule has 0 amide bonds. The third-order valence-corrected chi connectivity index (χ3v) is 3.80. The number of likely N-dealkylation sites (tertiary alicyclic amines) is 1. The average molecular weight is 269 g/mol. The van der Waals surface area contributed by atoms with Crippen LogP contribution in [0, 0.1) is 0 Å². The van der Waals surface area contributed by atoms with Crippen molar-refractivity contribution in [3.05, 3.63) is 29.3 Å². The second kappa shape index (κ2) is 4.78. The summed E-state index contributed by atoms with van der Waals surface area (Å²) in [6, 6.07) is 7.36. The standard InChI is InChI=1S/C13H17ClN2O2/c1-9-7-13(12(17)18,8-16(9)2)15-11-5-3-10(14)4-6-11/h3-6,9,15H,7-8H2,1-2H3,(H,17,18). The number of halogens is 1. The first-order chi connectivity index (χ1) is 8.43. The summed E-state index contributed by atoms with van der Waals surface area (Å²) in [5.74, 6) is -0.811. The molecule has 0 bridgehead atoms. The van der Waals surface area contributed by atoms with E-state index in [1.807, 2.05) is 14.0 Å². The molecule has 98 valence electrons. The van der Waals surface area contributed by atoms with Crippen LogP contribution in [0.1, 0.15) is 13.3 Å². The number of carboxylic acid groups (broad SMARTS) is 1. The number of anilines is 1. The highest BCUT2D eigenvalue weighted by Gasteiger charge is 2.47. The van der Waals surface area contributed by atoms with Gasteiger partial charge in [-0.05, 0) is 44.7 Å². The van der Waals surface area contributed by atoms with Crippen molar-refractivity contribution >= 4 is 23.3 Å².